The van der Waals surface area contributed by atoms with E-state index >= 15 is 0 Å². The number of rotatable bonds is 9. The van der Waals surface area contributed by atoms with Crippen LogP contribution in [0.1, 0.15) is 29.3 Å². The molecule has 0 radical (unpaired) electrons. The quantitative estimate of drug-likeness (QED) is 0.208. The van der Waals surface area contributed by atoms with E-state index in [1.165, 1.54) is 0 Å². The van der Waals surface area contributed by atoms with Crippen LogP contribution in [0.3, 0.4) is 0 Å². The van der Waals surface area contributed by atoms with Crippen LogP contribution < -0.4 is 9.47 Å². The van der Waals surface area contributed by atoms with E-state index < -0.39 is 24.0 Å². The summed E-state index contributed by atoms with van der Waals surface area (Å²) >= 11 is 6.37. The van der Waals surface area contributed by atoms with Gasteiger partial charge in [0, 0.05) is 24.2 Å². The van der Waals surface area contributed by atoms with E-state index in [-0.39, 0.29) is 6.61 Å². The molecule has 0 spiro atoms. The van der Waals surface area contributed by atoms with Gasteiger partial charge in [-0.1, -0.05) is 66.2 Å². The van der Waals surface area contributed by atoms with Gasteiger partial charge in [-0.25, -0.2) is 4.98 Å². The molecule has 0 bridgehead atoms. The van der Waals surface area contributed by atoms with Crippen LogP contribution in [0.4, 0.5) is 0 Å². The zero-order valence-electron chi connectivity index (χ0n) is 22.8. The third kappa shape index (κ3) is 5.06. The number of aliphatic hydroxyl groups excluding tert-OH is 1. The first-order chi connectivity index (χ1) is 20.0. The van der Waals surface area contributed by atoms with E-state index in [0.29, 0.717) is 17.1 Å². The molecular formula is C33H31ClN2O5. The zero-order valence-corrected chi connectivity index (χ0v) is 23.6. The minimum Gasteiger partial charge on any atom is -0.497 e. The Morgan fingerprint density at radius 1 is 0.878 bits per heavy atom. The lowest BCUT2D eigenvalue weighted by molar-refractivity contribution is -0.0930. The normalized spacial score (nSPS) is 19.0. The fourth-order valence-electron chi connectivity index (χ4n) is 5.57. The predicted molar refractivity (Wildman–Crippen MR) is 158 cm³/mol. The van der Waals surface area contributed by atoms with Gasteiger partial charge in [0.15, 0.2) is 0 Å². The lowest BCUT2D eigenvalue weighted by Gasteiger charge is -2.37. The molecule has 5 aromatic rings. The minimum atomic E-state index is -1.00. The first-order valence-electron chi connectivity index (χ1n) is 13.5. The SMILES string of the molecule is COc1ccc(C(OC[C@H]2O[C@@H](n3ccc4c(Cl)ccnc43)C[C@@H]2O)(c2ccccc2)c2ccc(OC)cc2)cc1. The summed E-state index contributed by atoms with van der Waals surface area (Å²) < 4.78 is 26.2. The van der Waals surface area contributed by atoms with Crippen LogP contribution >= 0.6 is 11.6 Å². The molecule has 210 valence electrons. The van der Waals surface area contributed by atoms with Gasteiger partial charge in [-0.15, -0.1) is 0 Å². The van der Waals surface area contributed by atoms with Gasteiger partial charge >= 0.3 is 0 Å². The Morgan fingerprint density at radius 2 is 1.49 bits per heavy atom. The molecule has 3 aromatic carbocycles. The number of aromatic nitrogens is 2. The van der Waals surface area contributed by atoms with Crippen molar-refractivity contribution in [3.63, 3.8) is 0 Å². The lowest BCUT2D eigenvalue weighted by atomic mass is 9.80. The molecule has 0 saturated carbocycles. The van der Waals surface area contributed by atoms with E-state index in [9.17, 15) is 5.11 Å². The molecule has 0 aliphatic carbocycles. The number of benzene rings is 3. The van der Waals surface area contributed by atoms with Crippen molar-refractivity contribution in [1.29, 1.82) is 0 Å². The van der Waals surface area contributed by atoms with Crippen LogP contribution in [-0.2, 0) is 15.1 Å². The summed E-state index contributed by atoms with van der Waals surface area (Å²) in [6, 6.07) is 29.4. The highest BCUT2D eigenvalue weighted by Crippen LogP contribution is 2.43. The molecule has 6 rings (SSSR count). The van der Waals surface area contributed by atoms with Crippen LogP contribution in [0.2, 0.25) is 5.02 Å². The average Bonchev–Trinajstić information content (AvgIpc) is 3.62. The summed E-state index contributed by atoms with van der Waals surface area (Å²) in [5.74, 6) is 1.49. The van der Waals surface area contributed by atoms with Crippen molar-refractivity contribution in [1.82, 2.24) is 9.55 Å². The zero-order chi connectivity index (χ0) is 28.4. The third-order valence-electron chi connectivity index (χ3n) is 7.71. The molecule has 2 aromatic heterocycles. The number of fused-ring (bicyclic) bond motifs is 1. The highest BCUT2D eigenvalue weighted by Gasteiger charge is 2.42. The summed E-state index contributed by atoms with van der Waals surface area (Å²) in [4.78, 5) is 4.49. The lowest BCUT2D eigenvalue weighted by Crippen LogP contribution is -2.38. The number of methoxy groups -OCH3 is 2. The maximum atomic E-state index is 11.1. The number of pyridine rings is 1. The second kappa shape index (κ2) is 11.5. The first-order valence-corrected chi connectivity index (χ1v) is 13.8. The van der Waals surface area contributed by atoms with E-state index in [2.05, 4.69) is 4.98 Å². The molecule has 1 aliphatic heterocycles. The van der Waals surface area contributed by atoms with Gasteiger partial charge < -0.3 is 28.6 Å². The Hall–Kier alpha value is -3.88. The molecule has 3 heterocycles. The predicted octanol–water partition coefficient (Wildman–Crippen LogP) is 6.36. The molecule has 1 saturated heterocycles. The molecular weight excluding hydrogens is 540 g/mol. The molecule has 41 heavy (non-hydrogen) atoms. The van der Waals surface area contributed by atoms with Gasteiger partial charge in [-0.05, 0) is 53.1 Å². The van der Waals surface area contributed by atoms with Crippen LogP contribution in [0.15, 0.2) is 103 Å². The van der Waals surface area contributed by atoms with Gasteiger partial charge in [0.1, 0.15) is 35.1 Å². The molecule has 7 nitrogen and oxygen atoms in total. The summed E-state index contributed by atoms with van der Waals surface area (Å²) in [7, 11) is 3.29. The second-order valence-electron chi connectivity index (χ2n) is 10.0. The van der Waals surface area contributed by atoms with Crippen LogP contribution in [0.25, 0.3) is 11.0 Å². The van der Waals surface area contributed by atoms with Crippen molar-refractivity contribution in [2.75, 3.05) is 20.8 Å². The summed E-state index contributed by atoms with van der Waals surface area (Å²) in [6.07, 6.45) is 2.25. The summed E-state index contributed by atoms with van der Waals surface area (Å²) in [5, 5.41) is 12.6. The molecule has 0 unspecified atom stereocenters. The second-order valence-corrected chi connectivity index (χ2v) is 10.4. The van der Waals surface area contributed by atoms with Crippen molar-refractivity contribution >= 4 is 22.6 Å². The smallest absolute Gasteiger partial charge is 0.143 e. The van der Waals surface area contributed by atoms with Gasteiger partial charge in [-0.3, -0.25) is 0 Å². The van der Waals surface area contributed by atoms with E-state index in [1.807, 2.05) is 95.7 Å². The van der Waals surface area contributed by atoms with Gasteiger partial charge in [0.2, 0.25) is 0 Å². The van der Waals surface area contributed by atoms with E-state index in [0.717, 1.165) is 33.6 Å². The van der Waals surface area contributed by atoms with Crippen molar-refractivity contribution < 1.29 is 24.1 Å². The van der Waals surface area contributed by atoms with Crippen molar-refractivity contribution in [3.8, 4) is 11.5 Å². The minimum absolute atomic E-state index is 0.137. The van der Waals surface area contributed by atoms with Crippen molar-refractivity contribution in [2.45, 2.75) is 30.5 Å². The number of hydrogen-bond acceptors (Lipinski definition) is 6. The molecule has 1 fully saturated rings. The number of ether oxygens (including phenoxy) is 4. The average molecular weight is 571 g/mol. The monoisotopic (exact) mass is 570 g/mol. The molecule has 0 amide bonds. The first kappa shape index (κ1) is 27.3. The Kier molecular flexibility index (Phi) is 7.69. The van der Waals surface area contributed by atoms with E-state index in [4.69, 9.17) is 30.5 Å². The van der Waals surface area contributed by atoms with Gasteiger partial charge in [0.05, 0.1) is 32.0 Å². The largest absolute Gasteiger partial charge is 0.497 e. The van der Waals surface area contributed by atoms with Crippen LogP contribution in [0.5, 0.6) is 11.5 Å². The Labute approximate surface area is 243 Å². The maximum absolute atomic E-state index is 11.1. The Morgan fingerprint density at radius 3 is 2.10 bits per heavy atom. The molecule has 3 atom stereocenters. The number of hydrogen-bond donors (Lipinski definition) is 1. The maximum Gasteiger partial charge on any atom is 0.143 e. The van der Waals surface area contributed by atoms with E-state index in [1.54, 1.807) is 26.5 Å². The van der Waals surface area contributed by atoms with Gasteiger partial charge in [0.25, 0.3) is 0 Å². The fourth-order valence-corrected chi connectivity index (χ4v) is 5.78. The number of nitrogens with zero attached hydrogens (tertiary/aromatic N) is 2. The van der Waals surface area contributed by atoms with Crippen LogP contribution in [-0.4, -0.2) is 47.7 Å². The standard InChI is InChI=1S/C33H31ClN2O5/c1-38-25-12-8-23(9-13-25)33(22-6-4-3-5-7-22,24-10-14-26(39-2)15-11-24)40-21-30-29(37)20-31(41-30)36-19-17-27-28(34)16-18-35-32(27)36/h3-19,29-31,37H,20-21H2,1-2H3/t29-,30+,31+/m0/s1. The van der Waals surface area contributed by atoms with Crippen molar-refractivity contribution in [3.05, 3.63) is 125 Å². The fraction of sp³-hybridized carbons (Fsp3) is 0.242. The number of aliphatic hydroxyl groups is 1. The van der Waals surface area contributed by atoms with Crippen molar-refractivity contribution in [2.24, 2.45) is 0 Å². The number of halogens is 1. The summed E-state index contributed by atoms with van der Waals surface area (Å²) in [6.45, 7) is 0.137. The Balaban J connectivity index is 1.37. The van der Waals surface area contributed by atoms with Crippen LogP contribution in [0, 0.1) is 0 Å². The topological polar surface area (TPSA) is 75.0 Å². The summed E-state index contributed by atoms with van der Waals surface area (Å²) in [5.41, 5.74) is 2.47. The molecule has 8 heteroatoms. The van der Waals surface area contributed by atoms with Gasteiger partial charge in [-0.2, -0.15) is 0 Å². The molecule has 1 N–H and O–H groups in total. The third-order valence-corrected chi connectivity index (χ3v) is 8.04. The highest BCUT2D eigenvalue weighted by atomic mass is 35.5. The molecule has 1 aliphatic rings. The highest BCUT2D eigenvalue weighted by molar-refractivity contribution is 6.35. The Bertz CT molecular complexity index is 1560.